The molecular formula is C12H12O3. The predicted octanol–water partition coefficient (Wildman–Crippen LogP) is 1.13. The van der Waals surface area contributed by atoms with Crippen LogP contribution in [0, 0.1) is 18.8 Å². The van der Waals surface area contributed by atoms with Crippen LogP contribution in [0.1, 0.15) is 21.5 Å². The Morgan fingerprint density at radius 3 is 2.80 bits per heavy atom. The number of methoxy groups -OCH3 is 1. The summed E-state index contributed by atoms with van der Waals surface area (Å²) >= 11 is 0. The Hall–Kier alpha value is -1.79. The number of ether oxygens (including phenoxy) is 1. The molecule has 0 aliphatic rings. The first-order valence-electron chi connectivity index (χ1n) is 4.47. The van der Waals surface area contributed by atoms with Crippen LogP contribution in [0.15, 0.2) is 18.2 Å². The lowest BCUT2D eigenvalue weighted by atomic mass is 10.1. The van der Waals surface area contributed by atoms with Gasteiger partial charge in [-0.15, -0.1) is 0 Å². The molecule has 1 aromatic rings. The summed E-state index contributed by atoms with van der Waals surface area (Å²) in [5.74, 6) is 4.96. The largest absolute Gasteiger partial charge is 0.465 e. The van der Waals surface area contributed by atoms with E-state index >= 15 is 0 Å². The summed E-state index contributed by atoms with van der Waals surface area (Å²) in [6, 6.07) is 5.18. The molecule has 0 saturated heterocycles. The normalized spacial score (nSPS) is 9.00. The first-order chi connectivity index (χ1) is 7.19. The molecule has 0 heterocycles. The van der Waals surface area contributed by atoms with E-state index in [-0.39, 0.29) is 12.6 Å². The number of aryl methyl sites for hydroxylation is 1. The minimum absolute atomic E-state index is 0.169. The van der Waals surface area contributed by atoms with Crippen molar-refractivity contribution in [2.24, 2.45) is 0 Å². The van der Waals surface area contributed by atoms with E-state index in [1.165, 1.54) is 7.11 Å². The van der Waals surface area contributed by atoms with Crippen LogP contribution < -0.4 is 0 Å². The van der Waals surface area contributed by atoms with Gasteiger partial charge < -0.3 is 9.84 Å². The van der Waals surface area contributed by atoms with Crippen molar-refractivity contribution in [3.63, 3.8) is 0 Å². The highest BCUT2D eigenvalue weighted by atomic mass is 16.5. The van der Waals surface area contributed by atoms with Crippen LogP contribution in [-0.4, -0.2) is 24.8 Å². The maximum atomic E-state index is 11.3. The second-order valence-electron chi connectivity index (χ2n) is 2.98. The highest BCUT2D eigenvalue weighted by Crippen LogP contribution is 2.11. The lowest BCUT2D eigenvalue weighted by Gasteiger charge is -2.03. The third-order valence-electron chi connectivity index (χ3n) is 1.94. The number of benzene rings is 1. The Kier molecular flexibility index (Phi) is 3.90. The van der Waals surface area contributed by atoms with E-state index < -0.39 is 0 Å². The Morgan fingerprint density at radius 1 is 1.53 bits per heavy atom. The van der Waals surface area contributed by atoms with Gasteiger partial charge in [0.05, 0.1) is 12.7 Å². The van der Waals surface area contributed by atoms with Crippen molar-refractivity contribution in [3.8, 4) is 11.8 Å². The molecule has 0 aliphatic heterocycles. The topological polar surface area (TPSA) is 46.5 Å². The van der Waals surface area contributed by atoms with Gasteiger partial charge in [0, 0.05) is 5.56 Å². The number of hydrogen-bond donors (Lipinski definition) is 1. The molecule has 0 bridgehead atoms. The van der Waals surface area contributed by atoms with E-state index in [0.717, 1.165) is 11.1 Å². The summed E-state index contributed by atoms with van der Waals surface area (Å²) in [6.07, 6.45) is 0. The standard InChI is InChI=1S/C12H12O3/c1-9-8-10(4-3-7-13)5-6-11(9)12(14)15-2/h5-6,8,13H,7H2,1-2H3. The molecule has 0 spiro atoms. The van der Waals surface area contributed by atoms with E-state index in [1.807, 2.05) is 6.92 Å². The van der Waals surface area contributed by atoms with Gasteiger partial charge in [-0.25, -0.2) is 4.79 Å². The molecule has 78 valence electrons. The zero-order valence-corrected chi connectivity index (χ0v) is 8.70. The molecular weight excluding hydrogens is 192 g/mol. The van der Waals surface area contributed by atoms with E-state index in [4.69, 9.17) is 5.11 Å². The lowest BCUT2D eigenvalue weighted by Crippen LogP contribution is -2.03. The van der Waals surface area contributed by atoms with E-state index in [0.29, 0.717) is 5.56 Å². The molecule has 15 heavy (non-hydrogen) atoms. The number of esters is 1. The average molecular weight is 204 g/mol. The Morgan fingerprint density at radius 2 is 2.27 bits per heavy atom. The molecule has 0 atom stereocenters. The molecule has 3 nitrogen and oxygen atoms in total. The fraction of sp³-hybridized carbons (Fsp3) is 0.250. The molecule has 0 fully saturated rings. The van der Waals surface area contributed by atoms with Crippen molar-refractivity contribution in [2.45, 2.75) is 6.92 Å². The molecule has 1 N–H and O–H groups in total. The number of carbonyl (C=O) groups is 1. The van der Waals surface area contributed by atoms with Crippen LogP contribution in [0.2, 0.25) is 0 Å². The van der Waals surface area contributed by atoms with Gasteiger partial charge in [-0.05, 0) is 30.7 Å². The summed E-state index contributed by atoms with van der Waals surface area (Å²) in [7, 11) is 1.35. The molecule has 0 unspecified atom stereocenters. The van der Waals surface area contributed by atoms with Gasteiger partial charge in [0.15, 0.2) is 0 Å². The number of aliphatic hydroxyl groups is 1. The Labute approximate surface area is 88.7 Å². The van der Waals surface area contributed by atoms with Crippen molar-refractivity contribution < 1.29 is 14.6 Å². The lowest BCUT2D eigenvalue weighted by molar-refractivity contribution is 0.0600. The zero-order valence-electron chi connectivity index (χ0n) is 8.70. The van der Waals surface area contributed by atoms with Gasteiger partial charge in [-0.3, -0.25) is 0 Å². The van der Waals surface area contributed by atoms with Gasteiger partial charge in [0.25, 0.3) is 0 Å². The molecule has 3 heteroatoms. The number of carbonyl (C=O) groups excluding carboxylic acids is 1. The zero-order chi connectivity index (χ0) is 11.3. The van der Waals surface area contributed by atoms with Crippen molar-refractivity contribution in [2.75, 3.05) is 13.7 Å². The summed E-state index contributed by atoms with van der Waals surface area (Å²) in [4.78, 5) is 11.3. The first kappa shape index (κ1) is 11.3. The number of hydrogen-bond acceptors (Lipinski definition) is 3. The van der Waals surface area contributed by atoms with Crippen molar-refractivity contribution in [1.29, 1.82) is 0 Å². The molecule has 0 radical (unpaired) electrons. The maximum absolute atomic E-state index is 11.3. The number of aliphatic hydroxyl groups excluding tert-OH is 1. The first-order valence-corrected chi connectivity index (χ1v) is 4.47. The second kappa shape index (κ2) is 5.18. The van der Waals surface area contributed by atoms with Crippen LogP contribution in [0.3, 0.4) is 0 Å². The SMILES string of the molecule is COC(=O)c1ccc(C#CCO)cc1C. The van der Waals surface area contributed by atoms with E-state index in [1.54, 1.807) is 18.2 Å². The van der Waals surface area contributed by atoms with Gasteiger partial charge in [-0.2, -0.15) is 0 Å². The van der Waals surface area contributed by atoms with Crippen molar-refractivity contribution >= 4 is 5.97 Å². The van der Waals surface area contributed by atoms with Crippen LogP contribution in [0.25, 0.3) is 0 Å². The van der Waals surface area contributed by atoms with Gasteiger partial charge in [-0.1, -0.05) is 11.8 Å². The highest BCUT2D eigenvalue weighted by Gasteiger charge is 2.08. The van der Waals surface area contributed by atoms with E-state index in [2.05, 4.69) is 16.6 Å². The Balaban J connectivity index is 3.03. The second-order valence-corrected chi connectivity index (χ2v) is 2.98. The molecule has 0 saturated carbocycles. The summed E-state index contributed by atoms with van der Waals surface area (Å²) in [6.45, 7) is 1.65. The van der Waals surface area contributed by atoms with Crippen LogP contribution in [-0.2, 0) is 4.74 Å². The minimum Gasteiger partial charge on any atom is -0.465 e. The fourth-order valence-electron chi connectivity index (χ4n) is 1.22. The summed E-state index contributed by atoms with van der Waals surface area (Å²) in [5.41, 5.74) is 2.12. The Bertz CT molecular complexity index is 424. The summed E-state index contributed by atoms with van der Waals surface area (Å²) in [5, 5.41) is 8.53. The van der Waals surface area contributed by atoms with Gasteiger partial charge in [0.2, 0.25) is 0 Å². The van der Waals surface area contributed by atoms with Gasteiger partial charge >= 0.3 is 5.97 Å². The van der Waals surface area contributed by atoms with Crippen molar-refractivity contribution in [1.82, 2.24) is 0 Å². The molecule has 0 aliphatic carbocycles. The summed E-state index contributed by atoms with van der Waals surface area (Å²) < 4.78 is 4.62. The third kappa shape index (κ3) is 2.83. The van der Waals surface area contributed by atoms with Crippen molar-refractivity contribution in [3.05, 3.63) is 34.9 Å². The van der Waals surface area contributed by atoms with Crippen LogP contribution >= 0.6 is 0 Å². The minimum atomic E-state index is -0.353. The third-order valence-corrected chi connectivity index (χ3v) is 1.94. The van der Waals surface area contributed by atoms with E-state index in [9.17, 15) is 4.79 Å². The highest BCUT2D eigenvalue weighted by molar-refractivity contribution is 5.91. The molecule has 1 rings (SSSR count). The molecule has 0 amide bonds. The predicted molar refractivity (Wildman–Crippen MR) is 56.5 cm³/mol. The van der Waals surface area contributed by atoms with Crippen LogP contribution in [0.5, 0.6) is 0 Å². The molecule has 1 aromatic carbocycles. The smallest absolute Gasteiger partial charge is 0.338 e. The molecule has 0 aromatic heterocycles. The quantitative estimate of drug-likeness (QED) is 0.551. The van der Waals surface area contributed by atoms with Crippen LogP contribution in [0.4, 0.5) is 0 Å². The fourth-order valence-corrected chi connectivity index (χ4v) is 1.22. The van der Waals surface area contributed by atoms with Gasteiger partial charge in [0.1, 0.15) is 6.61 Å². The maximum Gasteiger partial charge on any atom is 0.338 e. The average Bonchev–Trinajstić information content (AvgIpc) is 2.25. The monoisotopic (exact) mass is 204 g/mol. The number of rotatable bonds is 1.